The minimum atomic E-state index is 0.406. The molecule has 2 heteroatoms. The van der Waals surface area contributed by atoms with Gasteiger partial charge in [-0.1, -0.05) is 54.6 Å². The Labute approximate surface area is 168 Å². The van der Waals surface area contributed by atoms with Crippen molar-refractivity contribution in [3.63, 3.8) is 0 Å². The highest BCUT2D eigenvalue weighted by molar-refractivity contribution is 5.74. The zero-order valence-electron chi connectivity index (χ0n) is 16.9. The summed E-state index contributed by atoms with van der Waals surface area (Å²) >= 11 is 0. The van der Waals surface area contributed by atoms with Gasteiger partial charge in [0.2, 0.25) is 0 Å². The molecule has 3 aromatic carbocycles. The van der Waals surface area contributed by atoms with E-state index in [1.54, 1.807) is 7.11 Å². The second-order valence-electron chi connectivity index (χ2n) is 7.49. The molecule has 0 saturated carbocycles. The first-order valence-corrected chi connectivity index (χ1v) is 9.83. The van der Waals surface area contributed by atoms with E-state index in [9.17, 15) is 4.79 Å². The summed E-state index contributed by atoms with van der Waals surface area (Å²) in [4.78, 5) is 10.9. The van der Waals surface area contributed by atoms with E-state index in [0.29, 0.717) is 5.92 Å². The van der Waals surface area contributed by atoms with Crippen LogP contribution in [0.4, 0.5) is 0 Å². The Kier molecular flexibility index (Phi) is 6.65. The summed E-state index contributed by atoms with van der Waals surface area (Å²) in [6.45, 7) is 4.33. The van der Waals surface area contributed by atoms with Crippen LogP contribution in [-0.4, -0.2) is 13.4 Å². The van der Waals surface area contributed by atoms with Crippen molar-refractivity contribution in [3.8, 4) is 5.75 Å². The molecule has 0 fully saturated rings. The molecule has 0 aromatic heterocycles. The Hall–Kier alpha value is -2.87. The third-order valence-electron chi connectivity index (χ3n) is 5.52. The van der Waals surface area contributed by atoms with Gasteiger partial charge in [-0.05, 0) is 79.0 Å². The number of benzene rings is 3. The maximum atomic E-state index is 10.9. The minimum absolute atomic E-state index is 0.406. The van der Waals surface area contributed by atoms with Crippen LogP contribution in [0.5, 0.6) is 5.75 Å². The van der Waals surface area contributed by atoms with E-state index in [-0.39, 0.29) is 0 Å². The number of hydrogen-bond donors (Lipinski definition) is 0. The first-order valence-electron chi connectivity index (χ1n) is 9.83. The minimum Gasteiger partial charge on any atom is -0.497 e. The summed E-state index contributed by atoms with van der Waals surface area (Å²) in [7, 11) is 1.71. The Morgan fingerprint density at radius 1 is 0.893 bits per heavy atom. The predicted molar refractivity (Wildman–Crippen MR) is 116 cm³/mol. The fourth-order valence-electron chi connectivity index (χ4n) is 3.60. The Bertz CT molecular complexity index is 925. The van der Waals surface area contributed by atoms with Gasteiger partial charge in [0, 0.05) is 5.56 Å². The lowest BCUT2D eigenvalue weighted by Gasteiger charge is -2.19. The van der Waals surface area contributed by atoms with E-state index < -0.39 is 0 Å². The molecule has 0 saturated heterocycles. The average Bonchev–Trinajstić information content (AvgIpc) is 2.74. The molecule has 3 rings (SSSR count). The molecule has 0 spiro atoms. The fourth-order valence-corrected chi connectivity index (χ4v) is 3.60. The standard InChI is InChI=1S/C26H28O2/c1-19-7-8-23(15-20(19)2)16-25(24-5-4-6-26(17-24)28-3)14-13-21-9-11-22(18-27)12-10-21/h4-12,15,17-18,25H,13-14,16H2,1-3H3. The molecule has 1 atom stereocenters. The van der Waals surface area contributed by atoms with E-state index in [4.69, 9.17) is 4.74 Å². The van der Waals surface area contributed by atoms with Crippen molar-refractivity contribution < 1.29 is 9.53 Å². The monoisotopic (exact) mass is 372 g/mol. The number of aldehydes is 1. The van der Waals surface area contributed by atoms with Crippen LogP contribution in [0.25, 0.3) is 0 Å². The second kappa shape index (κ2) is 9.36. The lowest BCUT2D eigenvalue weighted by Crippen LogP contribution is -2.06. The smallest absolute Gasteiger partial charge is 0.150 e. The number of carbonyl (C=O) groups excluding carboxylic acids is 1. The molecule has 0 bridgehead atoms. The topological polar surface area (TPSA) is 26.3 Å². The molecule has 0 amide bonds. The van der Waals surface area contributed by atoms with Crippen LogP contribution < -0.4 is 4.74 Å². The molecule has 0 N–H and O–H groups in total. The first kappa shape index (κ1) is 19.9. The van der Waals surface area contributed by atoms with Crippen LogP contribution in [0.2, 0.25) is 0 Å². The van der Waals surface area contributed by atoms with Crippen molar-refractivity contribution in [2.45, 2.75) is 39.0 Å². The van der Waals surface area contributed by atoms with Crippen LogP contribution in [0.1, 0.15) is 50.5 Å². The number of methoxy groups -OCH3 is 1. The normalized spacial score (nSPS) is 11.8. The van der Waals surface area contributed by atoms with Gasteiger partial charge in [0.05, 0.1) is 7.11 Å². The van der Waals surface area contributed by atoms with Crippen LogP contribution in [0.3, 0.4) is 0 Å². The van der Waals surface area contributed by atoms with Gasteiger partial charge >= 0.3 is 0 Å². The third kappa shape index (κ3) is 5.10. The zero-order valence-corrected chi connectivity index (χ0v) is 16.9. The van der Waals surface area contributed by atoms with Gasteiger partial charge in [-0.25, -0.2) is 0 Å². The quantitative estimate of drug-likeness (QED) is 0.448. The largest absolute Gasteiger partial charge is 0.497 e. The van der Waals surface area contributed by atoms with Crippen molar-refractivity contribution in [3.05, 3.63) is 100 Å². The number of aryl methyl sites for hydroxylation is 3. The van der Waals surface area contributed by atoms with E-state index >= 15 is 0 Å². The van der Waals surface area contributed by atoms with Crippen molar-refractivity contribution in [2.75, 3.05) is 7.11 Å². The molecule has 0 heterocycles. The molecule has 2 nitrogen and oxygen atoms in total. The van der Waals surface area contributed by atoms with Gasteiger partial charge in [-0.2, -0.15) is 0 Å². The Morgan fingerprint density at radius 2 is 1.64 bits per heavy atom. The highest BCUT2D eigenvalue weighted by Crippen LogP contribution is 2.29. The number of carbonyl (C=O) groups is 1. The molecular formula is C26H28O2. The summed E-state index contributed by atoms with van der Waals surface area (Å²) < 4.78 is 5.45. The molecule has 0 aliphatic heterocycles. The van der Waals surface area contributed by atoms with Crippen LogP contribution in [-0.2, 0) is 12.8 Å². The van der Waals surface area contributed by atoms with Crippen LogP contribution in [0.15, 0.2) is 66.7 Å². The lowest BCUT2D eigenvalue weighted by atomic mass is 9.86. The van der Waals surface area contributed by atoms with E-state index in [2.05, 4.69) is 62.4 Å². The molecule has 144 valence electrons. The summed E-state index contributed by atoms with van der Waals surface area (Å²) in [5, 5.41) is 0. The molecular weight excluding hydrogens is 344 g/mol. The highest BCUT2D eigenvalue weighted by Gasteiger charge is 2.14. The summed E-state index contributed by atoms with van der Waals surface area (Å²) in [5.74, 6) is 1.31. The summed E-state index contributed by atoms with van der Waals surface area (Å²) in [6, 6.07) is 23.1. The molecule has 3 aromatic rings. The number of ether oxygens (including phenoxy) is 1. The maximum Gasteiger partial charge on any atom is 0.150 e. The lowest BCUT2D eigenvalue weighted by molar-refractivity contribution is 0.112. The van der Waals surface area contributed by atoms with E-state index in [1.165, 1.54) is 27.8 Å². The second-order valence-corrected chi connectivity index (χ2v) is 7.49. The molecule has 28 heavy (non-hydrogen) atoms. The third-order valence-corrected chi connectivity index (χ3v) is 5.52. The van der Waals surface area contributed by atoms with Gasteiger partial charge < -0.3 is 4.74 Å². The molecule has 0 aliphatic carbocycles. The van der Waals surface area contributed by atoms with E-state index in [1.807, 2.05) is 18.2 Å². The highest BCUT2D eigenvalue weighted by atomic mass is 16.5. The molecule has 1 unspecified atom stereocenters. The number of hydrogen-bond acceptors (Lipinski definition) is 2. The molecule has 0 aliphatic rings. The van der Waals surface area contributed by atoms with Crippen molar-refractivity contribution in [1.82, 2.24) is 0 Å². The Balaban J connectivity index is 1.82. The van der Waals surface area contributed by atoms with Crippen molar-refractivity contribution in [1.29, 1.82) is 0 Å². The van der Waals surface area contributed by atoms with E-state index in [0.717, 1.165) is 36.9 Å². The average molecular weight is 373 g/mol. The van der Waals surface area contributed by atoms with Gasteiger partial charge in [-0.3, -0.25) is 4.79 Å². The first-order chi connectivity index (χ1) is 13.6. The predicted octanol–water partition coefficient (Wildman–Crippen LogP) is 6.08. The van der Waals surface area contributed by atoms with Crippen molar-refractivity contribution in [2.24, 2.45) is 0 Å². The summed E-state index contributed by atoms with van der Waals surface area (Å²) in [5.41, 5.74) is 7.33. The van der Waals surface area contributed by atoms with Gasteiger partial charge in [0.15, 0.2) is 0 Å². The zero-order chi connectivity index (χ0) is 19.9. The number of rotatable bonds is 8. The van der Waals surface area contributed by atoms with Crippen LogP contribution in [0, 0.1) is 13.8 Å². The van der Waals surface area contributed by atoms with Crippen LogP contribution >= 0.6 is 0 Å². The van der Waals surface area contributed by atoms with Gasteiger partial charge in [0.1, 0.15) is 12.0 Å². The van der Waals surface area contributed by atoms with Gasteiger partial charge in [-0.15, -0.1) is 0 Å². The fraction of sp³-hybridized carbons (Fsp3) is 0.269. The maximum absolute atomic E-state index is 10.9. The Morgan fingerprint density at radius 3 is 2.32 bits per heavy atom. The van der Waals surface area contributed by atoms with Gasteiger partial charge in [0.25, 0.3) is 0 Å². The van der Waals surface area contributed by atoms with Crippen molar-refractivity contribution >= 4 is 6.29 Å². The molecule has 0 radical (unpaired) electrons. The summed E-state index contributed by atoms with van der Waals surface area (Å²) in [6.07, 6.45) is 3.91. The SMILES string of the molecule is COc1cccc(C(CCc2ccc(C=O)cc2)Cc2ccc(C)c(C)c2)c1.